The van der Waals surface area contributed by atoms with Crippen molar-refractivity contribution in [2.45, 2.75) is 65.0 Å². The Morgan fingerprint density at radius 1 is 0.640 bits per heavy atom. The van der Waals surface area contributed by atoms with Crippen LogP contribution in [0.1, 0.15) is 74.5 Å². The van der Waals surface area contributed by atoms with Crippen LogP contribution in [-0.4, -0.2) is 7.25 Å². The van der Waals surface area contributed by atoms with E-state index in [4.69, 9.17) is 0 Å². The normalized spacial score (nSPS) is 15.9. The second-order valence-corrected chi connectivity index (χ2v) is 13.0. The average molecular weight is 793 g/mol. The predicted molar refractivity (Wildman–Crippen MR) is 201 cm³/mol. The molecule has 0 spiro atoms. The second-order valence-electron chi connectivity index (χ2n) is 13.0. The molecule has 1 fully saturated rings. The van der Waals surface area contributed by atoms with E-state index in [1.807, 2.05) is 0 Å². The van der Waals surface area contributed by atoms with Crippen LogP contribution in [0.5, 0.6) is 0 Å². The summed E-state index contributed by atoms with van der Waals surface area (Å²) in [5, 5.41) is 0. The molecule has 1 saturated heterocycles. The minimum atomic E-state index is -6.00. The van der Waals surface area contributed by atoms with Gasteiger partial charge in [-0.3, -0.25) is 0 Å². The van der Waals surface area contributed by atoms with Crippen molar-refractivity contribution in [2.75, 3.05) is 9.80 Å². The van der Waals surface area contributed by atoms with Crippen LogP contribution >= 0.6 is 14.1 Å². The van der Waals surface area contributed by atoms with Gasteiger partial charge in [0.1, 0.15) is 0 Å². The van der Waals surface area contributed by atoms with Gasteiger partial charge in [-0.1, -0.05) is 156 Å². The van der Waals surface area contributed by atoms with E-state index in [9.17, 15) is 17.3 Å². The molecule has 6 rings (SSSR count). The van der Waals surface area contributed by atoms with Gasteiger partial charge in [0.25, 0.3) is 0 Å². The van der Waals surface area contributed by atoms with Crippen LogP contribution in [-0.2, 0) is 32.5 Å². The van der Waals surface area contributed by atoms with E-state index >= 15 is 0 Å². The van der Waals surface area contributed by atoms with E-state index in [0.717, 1.165) is 12.8 Å². The molecular formula is C41H42BBrCuF4N2. The number of aryl methyl sites for hydroxylation is 2. The van der Waals surface area contributed by atoms with Gasteiger partial charge in [-0.2, -0.15) is 0 Å². The topological polar surface area (TPSA) is 6.48 Å². The third-order valence-electron chi connectivity index (χ3n) is 8.77. The number of rotatable bonds is 7. The molecule has 1 aliphatic rings. The monoisotopic (exact) mass is 791 g/mol. The van der Waals surface area contributed by atoms with Gasteiger partial charge in [-0.05, 0) is 57.7 Å². The van der Waals surface area contributed by atoms with E-state index in [1.54, 1.807) is 0 Å². The van der Waals surface area contributed by atoms with E-state index in [0.29, 0.717) is 0 Å². The molecule has 5 aromatic rings. The van der Waals surface area contributed by atoms with Crippen molar-refractivity contribution < 1.29 is 31.5 Å². The number of hydrogen-bond acceptors (Lipinski definition) is 2. The number of anilines is 2. The number of nitrogens with zero attached hydrogens (tertiary/aromatic N) is 2. The molecule has 0 amide bonds. The summed E-state index contributed by atoms with van der Waals surface area (Å²) in [6, 6.07) is 46.6. The van der Waals surface area contributed by atoms with Crippen molar-refractivity contribution in [1.82, 2.24) is 0 Å². The minimum absolute atomic E-state index is 0.00858. The molecule has 0 unspecified atom stereocenters. The van der Waals surface area contributed by atoms with Crippen molar-refractivity contribution in [3.05, 3.63) is 162 Å². The molecule has 9 heteroatoms. The first-order valence-electron chi connectivity index (χ1n) is 16.6. The third-order valence-corrected chi connectivity index (χ3v) is 8.77. The van der Waals surface area contributed by atoms with Gasteiger partial charge in [-0.15, -0.1) is 0 Å². The van der Waals surface area contributed by atoms with Gasteiger partial charge in [0.05, 0.1) is 12.1 Å². The number of benzene rings is 5. The zero-order chi connectivity index (χ0) is 36.5. The molecule has 0 aromatic heterocycles. The molecule has 1 heterocycles. The first-order chi connectivity index (χ1) is 23.9. The van der Waals surface area contributed by atoms with Crippen LogP contribution < -0.4 is 9.80 Å². The van der Waals surface area contributed by atoms with Crippen molar-refractivity contribution >= 4 is 32.7 Å². The third kappa shape index (κ3) is 9.62. The summed E-state index contributed by atoms with van der Waals surface area (Å²) >= 11 is 6.50. The molecule has 0 N–H and O–H groups in total. The average Bonchev–Trinajstić information content (AvgIpc) is 3.52. The summed E-state index contributed by atoms with van der Waals surface area (Å²) in [4.78, 5) is 4.90. The first kappa shape index (κ1) is 39.3. The van der Waals surface area contributed by atoms with Crippen molar-refractivity contribution in [3.8, 4) is 11.1 Å². The predicted octanol–water partition coefficient (Wildman–Crippen LogP) is 12.7. The van der Waals surface area contributed by atoms with E-state index in [2.05, 4.69) is 207 Å². The zero-order valence-electron chi connectivity index (χ0n) is 28.9. The standard InChI is InChI=1S/C41H42N2.BF4.BrH.Cu/c1-6-30-24-17-25-31(7-2)38(30)43-29-42(39(33-20-13-9-14-21-33)40(43)34-22-15-10-16-23-34)37-28-35(41(3,4)5)26-27-36(37)32-18-11-8-12-19-32;2-1(3,4)5;;/h8-28,39-40H,6-7H2,1-5H3;;1H;/q;-1;;+2/p-1/t39-,40-;;;/m0.../s1. The van der Waals surface area contributed by atoms with Crippen molar-refractivity contribution in [3.63, 3.8) is 0 Å². The molecule has 2 radical (unpaired) electrons. The van der Waals surface area contributed by atoms with Crippen molar-refractivity contribution in [1.29, 1.82) is 0 Å². The molecule has 2 nitrogen and oxygen atoms in total. The molecule has 5 aromatic carbocycles. The molecule has 265 valence electrons. The Balaban J connectivity index is 0.000000738. The van der Waals surface area contributed by atoms with Gasteiger partial charge in [0.2, 0.25) is 6.67 Å². The SMILES string of the molecule is CCc1cccc(CC)c1N1[C]N(c2cc(C(C)(C)C)ccc2-c2ccccc2)[C@@H](c2ccccc2)[C@@H]1c1ccccc1.F[B-](F)(F)F.[Cu+][Br]. The molecular weight excluding hydrogens is 751 g/mol. The number of hydrogen-bond donors (Lipinski definition) is 0. The Kier molecular flexibility index (Phi) is 13.8. The summed E-state index contributed by atoms with van der Waals surface area (Å²) < 4.78 is 39.0. The van der Waals surface area contributed by atoms with Gasteiger partial charge in [-0.25, -0.2) is 0 Å². The Bertz CT molecular complexity index is 1760. The summed E-state index contributed by atoms with van der Waals surface area (Å²) in [6.07, 6.45) is 1.93. The van der Waals surface area contributed by atoms with Gasteiger partial charge in [0.15, 0.2) is 0 Å². The summed E-state index contributed by atoms with van der Waals surface area (Å²) in [5.74, 6) is 0. The molecule has 0 saturated carbocycles. The first-order valence-corrected chi connectivity index (χ1v) is 19.0. The van der Waals surface area contributed by atoms with Crippen LogP contribution in [0.25, 0.3) is 11.1 Å². The van der Waals surface area contributed by atoms with Crippen LogP contribution in [0, 0.1) is 6.67 Å². The Hall–Kier alpha value is -3.52. The maximum atomic E-state index is 9.75. The van der Waals surface area contributed by atoms with Gasteiger partial charge in [0, 0.05) is 16.9 Å². The maximum absolute atomic E-state index is 9.75. The zero-order valence-corrected chi connectivity index (χ0v) is 31.4. The Morgan fingerprint density at radius 2 is 1.08 bits per heavy atom. The van der Waals surface area contributed by atoms with Crippen LogP contribution in [0.4, 0.5) is 28.6 Å². The van der Waals surface area contributed by atoms with Gasteiger partial charge < -0.3 is 27.1 Å². The molecule has 1 aliphatic heterocycles. The number of halogens is 5. The Morgan fingerprint density at radius 3 is 1.52 bits per heavy atom. The van der Waals surface area contributed by atoms with E-state index in [1.165, 1.54) is 50.3 Å². The number of para-hydroxylation sites is 1. The Labute approximate surface area is 310 Å². The molecule has 0 aliphatic carbocycles. The second kappa shape index (κ2) is 17.6. The summed E-state index contributed by atoms with van der Waals surface area (Å²) in [6.45, 7) is 15.4. The van der Waals surface area contributed by atoms with E-state index in [-0.39, 0.29) is 17.5 Å². The van der Waals surface area contributed by atoms with Crippen molar-refractivity contribution in [2.24, 2.45) is 0 Å². The summed E-state index contributed by atoms with van der Waals surface area (Å²) in [5.41, 5.74) is 11.5. The molecule has 50 heavy (non-hydrogen) atoms. The quantitative estimate of drug-likeness (QED) is 0.120. The van der Waals surface area contributed by atoms with Crippen LogP contribution in [0.2, 0.25) is 0 Å². The van der Waals surface area contributed by atoms with Crippen LogP contribution in [0.3, 0.4) is 0 Å². The van der Waals surface area contributed by atoms with E-state index < -0.39 is 7.25 Å². The molecule has 0 bridgehead atoms. The fourth-order valence-corrected chi connectivity index (χ4v) is 6.46. The fraction of sp³-hybridized carbons (Fsp3) is 0.244. The van der Waals surface area contributed by atoms with Gasteiger partial charge >= 0.3 is 35.6 Å². The molecule has 2 atom stereocenters. The van der Waals surface area contributed by atoms with Crippen LogP contribution in [0.15, 0.2) is 127 Å². The summed E-state index contributed by atoms with van der Waals surface area (Å²) in [7, 11) is -6.00. The fourth-order valence-electron chi connectivity index (χ4n) is 6.46.